The SMILES string of the molecule is O=C1NC(=O)N(c2ccc(C34CC5CC(CC(C5)C3)C4)cc2)C(=O)/C1=C/c1ccc(OCc2ccc3ccccc3c2)cc1. The number of nitrogens with one attached hydrogen (secondary N) is 1. The lowest BCUT2D eigenvalue weighted by Crippen LogP contribution is -2.54. The first-order chi connectivity index (χ1) is 21.4. The van der Waals surface area contributed by atoms with E-state index in [1.807, 2.05) is 36.4 Å². The fourth-order valence-corrected chi connectivity index (χ4v) is 8.64. The summed E-state index contributed by atoms with van der Waals surface area (Å²) in [6.45, 7) is 0.422. The Morgan fingerprint density at radius 2 is 1.43 bits per heavy atom. The number of amides is 4. The largest absolute Gasteiger partial charge is 0.489 e. The summed E-state index contributed by atoms with van der Waals surface area (Å²) in [5, 5.41) is 4.70. The van der Waals surface area contributed by atoms with Gasteiger partial charge in [0.05, 0.1) is 5.69 Å². The highest BCUT2D eigenvalue weighted by atomic mass is 16.5. The number of carbonyl (C=O) groups excluding carboxylic acids is 3. The molecule has 6 heteroatoms. The van der Waals surface area contributed by atoms with Gasteiger partial charge < -0.3 is 4.74 Å². The lowest BCUT2D eigenvalue weighted by Gasteiger charge is -2.57. The summed E-state index contributed by atoms with van der Waals surface area (Å²) in [4.78, 5) is 40.2. The van der Waals surface area contributed by atoms with E-state index >= 15 is 0 Å². The van der Waals surface area contributed by atoms with Crippen molar-refractivity contribution in [3.05, 3.63) is 113 Å². The number of hydrogen-bond acceptors (Lipinski definition) is 4. The number of nitrogens with zero attached hydrogens (tertiary/aromatic N) is 1. The van der Waals surface area contributed by atoms with E-state index in [0.29, 0.717) is 23.6 Å². The second kappa shape index (κ2) is 10.5. The fourth-order valence-electron chi connectivity index (χ4n) is 8.64. The molecule has 4 saturated carbocycles. The smallest absolute Gasteiger partial charge is 0.335 e. The van der Waals surface area contributed by atoms with Crippen molar-refractivity contribution in [3.8, 4) is 5.75 Å². The van der Waals surface area contributed by atoms with Gasteiger partial charge in [0, 0.05) is 0 Å². The lowest BCUT2D eigenvalue weighted by atomic mass is 9.48. The standard InChI is InChI=1S/C38H34N2O4/c41-35-34(19-24-6-13-33(14-7-24)44-23-25-5-8-29-3-1-2-4-30(29)18-25)36(42)40(37(43)39-35)32-11-9-31(10-12-32)38-20-26-15-27(21-38)17-28(16-26)22-38/h1-14,18-19,26-28H,15-17,20-23H2,(H,39,41,43)/b34-19+. The molecule has 1 heterocycles. The van der Waals surface area contributed by atoms with Crippen molar-refractivity contribution in [2.75, 3.05) is 4.90 Å². The number of barbiturate groups is 1. The van der Waals surface area contributed by atoms with Crippen molar-refractivity contribution < 1.29 is 19.1 Å². The maximum absolute atomic E-state index is 13.5. The number of imide groups is 2. The third-order valence-corrected chi connectivity index (χ3v) is 10.3. The van der Waals surface area contributed by atoms with Crippen LogP contribution in [0.25, 0.3) is 16.8 Å². The second-order valence-electron chi connectivity index (χ2n) is 13.2. The van der Waals surface area contributed by atoms with Crippen LogP contribution in [-0.2, 0) is 21.6 Å². The highest BCUT2D eigenvalue weighted by Crippen LogP contribution is 2.60. The van der Waals surface area contributed by atoms with Crippen LogP contribution in [0.3, 0.4) is 0 Å². The highest BCUT2D eigenvalue weighted by Gasteiger charge is 2.51. The molecule has 1 saturated heterocycles. The molecule has 9 rings (SSSR count). The van der Waals surface area contributed by atoms with Gasteiger partial charge in [-0.3, -0.25) is 14.9 Å². The molecule has 44 heavy (non-hydrogen) atoms. The van der Waals surface area contributed by atoms with E-state index in [1.165, 1.54) is 55.6 Å². The molecule has 0 spiro atoms. The number of benzene rings is 4. The fraction of sp³-hybridized carbons (Fsp3) is 0.289. The second-order valence-corrected chi connectivity index (χ2v) is 13.2. The number of urea groups is 1. The summed E-state index contributed by atoms with van der Waals surface area (Å²) in [5.74, 6) is 1.85. The van der Waals surface area contributed by atoms with Crippen molar-refractivity contribution in [3.63, 3.8) is 0 Å². The van der Waals surface area contributed by atoms with Gasteiger partial charge >= 0.3 is 6.03 Å². The number of anilines is 1. The summed E-state index contributed by atoms with van der Waals surface area (Å²) < 4.78 is 5.98. The quantitative estimate of drug-likeness (QED) is 0.188. The minimum atomic E-state index is -0.725. The molecular weight excluding hydrogens is 548 g/mol. The molecule has 5 fully saturated rings. The van der Waals surface area contributed by atoms with Crippen LogP contribution in [0.15, 0.2) is 96.6 Å². The van der Waals surface area contributed by atoms with Crippen molar-refractivity contribution >= 4 is 40.4 Å². The maximum atomic E-state index is 13.5. The molecule has 1 N–H and O–H groups in total. The Labute approximate surface area is 256 Å². The predicted octanol–water partition coefficient (Wildman–Crippen LogP) is 7.55. The van der Waals surface area contributed by atoms with Gasteiger partial charge in [-0.15, -0.1) is 0 Å². The Morgan fingerprint density at radius 3 is 2.11 bits per heavy atom. The van der Waals surface area contributed by atoms with Gasteiger partial charge in [-0.05, 0) is 126 Å². The summed E-state index contributed by atoms with van der Waals surface area (Å²) >= 11 is 0. The molecule has 4 aromatic carbocycles. The summed E-state index contributed by atoms with van der Waals surface area (Å²) in [6.07, 6.45) is 9.40. The van der Waals surface area contributed by atoms with Gasteiger partial charge in [0.15, 0.2) is 0 Å². The van der Waals surface area contributed by atoms with E-state index in [4.69, 9.17) is 4.74 Å². The van der Waals surface area contributed by atoms with E-state index in [-0.39, 0.29) is 11.0 Å². The average Bonchev–Trinajstić information content (AvgIpc) is 3.02. The Kier molecular flexibility index (Phi) is 6.40. The molecule has 0 radical (unpaired) electrons. The number of carbonyl (C=O) groups is 3. The summed E-state index contributed by atoms with van der Waals surface area (Å²) in [6, 6.07) is 28.9. The lowest BCUT2D eigenvalue weighted by molar-refractivity contribution is -0.122. The normalized spacial score (nSPS) is 26.8. The molecule has 6 nitrogen and oxygen atoms in total. The Balaban J connectivity index is 0.975. The van der Waals surface area contributed by atoms with Gasteiger partial charge in [0.2, 0.25) is 0 Å². The van der Waals surface area contributed by atoms with Gasteiger partial charge in [-0.25, -0.2) is 9.69 Å². The molecule has 220 valence electrons. The molecule has 4 aromatic rings. The predicted molar refractivity (Wildman–Crippen MR) is 170 cm³/mol. The van der Waals surface area contributed by atoms with Crippen molar-refractivity contribution in [2.24, 2.45) is 17.8 Å². The van der Waals surface area contributed by atoms with Crippen LogP contribution < -0.4 is 15.0 Å². The summed E-state index contributed by atoms with van der Waals surface area (Å²) in [5.41, 5.74) is 3.66. The zero-order valence-electron chi connectivity index (χ0n) is 24.5. The number of fused-ring (bicyclic) bond motifs is 1. The zero-order valence-corrected chi connectivity index (χ0v) is 24.5. The van der Waals surface area contributed by atoms with Crippen LogP contribution in [0.2, 0.25) is 0 Å². The molecule has 4 bridgehead atoms. The highest BCUT2D eigenvalue weighted by molar-refractivity contribution is 6.39. The third-order valence-electron chi connectivity index (χ3n) is 10.3. The van der Waals surface area contributed by atoms with Gasteiger partial charge in [0.1, 0.15) is 17.9 Å². The van der Waals surface area contributed by atoms with Crippen molar-refractivity contribution in [2.45, 2.75) is 50.5 Å². The zero-order chi connectivity index (χ0) is 29.8. The van der Waals surface area contributed by atoms with Crippen LogP contribution in [0, 0.1) is 17.8 Å². The van der Waals surface area contributed by atoms with E-state index in [0.717, 1.165) is 33.6 Å². The molecule has 4 aliphatic carbocycles. The van der Waals surface area contributed by atoms with Gasteiger partial charge in [-0.1, -0.05) is 60.7 Å². The van der Waals surface area contributed by atoms with E-state index in [9.17, 15) is 14.4 Å². The van der Waals surface area contributed by atoms with Crippen LogP contribution >= 0.6 is 0 Å². The first-order valence-electron chi connectivity index (χ1n) is 15.6. The van der Waals surface area contributed by atoms with Crippen LogP contribution in [0.4, 0.5) is 10.5 Å². The minimum Gasteiger partial charge on any atom is -0.489 e. The first kappa shape index (κ1) is 26.9. The van der Waals surface area contributed by atoms with Gasteiger partial charge in [0.25, 0.3) is 11.8 Å². The third kappa shape index (κ3) is 4.79. The Bertz CT molecular complexity index is 1790. The van der Waals surface area contributed by atoms with Crippen molar-refractivity contribution in [1.82, 2.24) is 5.32 Å². The van der Waals surface area contributed by atoms with E-state index in [2.05, 4.69) is 47.8 Å². The van der Waals surface area contributed by atoms with E-state index in [1.54, 1.807) is 12.1 Å². The minimum absolute atomic E-state index is 0.0837. The molecular formula is C38H34N2O4. The molecule has 4 amide bonds. The summed E-state index contributed by atoms with van der Waals surface area (Å²) in [7, 11) is 0. The topological polar surface area (TPSA) is 75.7 Å². The average molecular weight is 583 g/mol. The van der Waals surface area contributed by atoms with Crippen LogP contribution in [-0.4, -0.2) is 17.8 Å². The molecule has 5 aliphatic rings. The first-order valence-corrected chi connectivity index (χ1v) is 15.6. The number of hydrogen-bond donors (Lipinski definition) is 1. The maximum Gasteiger partial charge on any atom is 0.335 e. The molecule has 1 aliphatic heterocycles. The Hall–Kier alpha value is -4.71. The molecule has 0 atom stereocenters. The van der Waals surface area contributed by atoms with E-state index < -0.39 is 17.8 Å². The monoisotopic (exact) mass is 582 g/mol. The molecule has 0 unspecified atom stereocenters. The van der Waals surface area contributed by atoms with Crippen molar-refractivity contribution in [1.29, 1.82) is 0 Å². The molecule has 0 aromatic heterocycles. The number of rotatable bonds is 6. The number of ether oxygens (including phenoxy) is 1. The Morgan fingerprint density at radius 1 is 0.773 bits per heavy atom. The van der Waals surface area contributed by atoms with Crippen LogP contribution in [0.5, 0.6) is 5.75 Å². The van der Waals surface area contributed by atoms with Gasteiger partial charge in [-0.2, -0.15) is 0 Å². The van der Waals surface area contributed by atoms with Crippen LogP contribution in [0.1, 0.15) is 55.2 Å².